The Balaban J connectivity index is 1.84. The third-order valence-electron chi connectivity index (χ3n) is 3.87. The standard InChI is InChI=1S/C11H20F2N2S/c12-10(13)11(14)3-5-15(6-4-11)9-1-7-16-8-2-9/h9-10H,1-8,14H2. The molecule has 0 atom stereocenters. The number of halogens is 2. The summed E-state index contributed by atoms with van der Waals surface area (Å²) in [6.45, 7) is 1.49. The predicted octanol–water partition coefficient (Wildman–Crippen LogP) is 1.94. The first-order valence-corrected chi connectivity index (χ1v) is 7.16. The Bertz CT molecular complexity index is 224. The normalized spacial score (nSPS) is 28.5. The zero-order chi connectivity index (χ0) is 11.6. The maximum absolute atomic E-state index is 12.7. The molecule has 0 aromatic rings. The van der Waals surface area contributed by atoms with Crippen LogP contribution >= 0.6 is 11.8 Å². The average Bonchev–Trinajstić information content (AvgIpc) is 2.31. The van der Waals surface area contributed by atoms with E-state index in [0.717, 1.165) is 13.1 Å². The van der Waals surface area contributed by atoms with E-state index in [9.17, 15) is 8.78 Å². The molecule has 2 rings (SSSR count). The molecule has 2 fully saturated rings. The van der Waals surface area contributed by atoms with Gasteiger partial charge in [0.15, 0.2) is 0 Å². The second-order valence-corrected chi connectivity index (χ2v) is 6.14. The molecule has 0 amide bonds. The van der Waals surface area contributed by atoms with Gasteiger partial charge in [-0.15, -0.1) is 0 Å². The van der Waals surface area contributed by atoms with E-state index in [-0.39, 0.29) is 0 Å². The topological polar surface area (TPSA) is 29.3 Å². The minimum absolute atomic E-state index is 0.439. The molecule has 2 N–H and O–H groups in total. The van der Waals surface area contributed by atoms with Crippen molar-refractivity contribution in [3.8, 4) is 0 Å². The van der Waals surface area contributed by atoms with E-state index in [2.05, 4.69) is 4.90 Å². The van der Waals surface area contributed by atoms with Gasteiger partial charge in [-0.2, -0.15) is 11.8 Å². The SMILES string of the molecule is NC1(C(F)F)CCN(C2CCSCC2)CC1. The fraction of sp³-hybridized carbons (Fsp3) is 1.00. The number of hydrogen-bond acceptors (Lipinski definition) is 3. The summed E-state index contributed by atoms with van der Waals surface area (Å²) in [7, 11) is 0. The van der Waals surface area contributed by atoms with E-state index in [4.69, 9.17) is 5.73 Å². The molecule has 0 aromatic carbocycles. The average molecular weight is 250 g/mol. The van der Waals surface area contributed by atoms with Crippen molar-refractivity contribution in [2.24, 2.45) is 5.73 Å². The maximum Gasteiger partial charge on any atom is 0.256 e. The van der Waals surface area contributed by atoms with Gasteiger partial charge in [0.05, 0.1) is 5.54 Å². The number of thioether (sulfide) groups is 1. The number of rotatable bonds is 2. The highest BCUT2D eigenvalue weighted by atomic mass is 32.2. The first kappa shape index (κ1) is 12.6. The Morgan fingerprint density at radius 1 is 1.19 bits per heavy atom. The Labute approximate surface area is 99.9 Å². The van der Waals surface area contributed by atoms with E-state index in [1.54, 1.807) is 0 Å². The number of likely N-dealkylation sites (tertiary alicyclic amines) is 1. The monoisotopic (exact) mass is 250 g/mol. The molecule has 2 heterocycles. The van der Waals surface area contributed by atoms with Crippen molar-refractivity contribution < 1.29 is 8.78 Å². The summed E-state index contributed by atoms with van der Waals surface area (Å²) in [6.07, 6.45) is 0.910. The molecular formula is C11H20F2N2S. The highest BCUT2D eigenvalue weighted by Gasteiger charge is 2.40. The fourth-order valence-corrected chi connectivity index (χ4v) is 3.66. The fourth-order valence-electron chi connectivity index (χ4n) is 2.57. The number of nitrogens with two attached hydrogens (primary N) is 1. The Morgan fingerprint density at radius 3 is 2.25 bits per heavy atom. The van der Waals surface area contributed by atoms with Crippen LogP contribution in [-0.4, -0.2) is 47.5 Å². The molecule has 2 nitrogen and oxygen atoms in total. The van der Waals surface area contributed by atoms with Gasteiger partial charge in [0, 0.05) is 19.1 Å². The third kappa shape index (κ3) is 2.68. The number of alkyl halides is 2. The summed E-state index contributed by atoms with van der Waals surface area (Å²) in [5, 5.41) is 0. The minimum atomic E-state index is -2.38. The zero-order valence-electron chi connectivity index (χ0n) is 9.50. The van der Waals surface area contributed by atoms with Gasteiger partial charge in [-0.25, -0.2) is 8.78 Å². The van der Waals surface area contributed by atoms with Crippen molar-refractivity contribution in [2.45, 2.75) is 43.7 Å². The van der Waals surface area contributed by atoms with E-state index in [0.29, 0.717) is 18.9 Å². The molecule has 94 valence electrons. The van der Waals surface area contributed by atoms with Gasteiger partial charge in [0.1, 0.15) is 0 Å². The Kier molecular flexibility index (Phi) is 4.08. The van der Waals surface area contributed by atoms with Crippen LogP contribution in [0, 0.1) is 0 Å². The maximum atomic E-state index is 12.7. The van der Waals surface area contributed by atoms with Crippen LogP contribution in [0.3, 0.4) is 0 Å². The summed E-state index contributed by atoms with van der Waals surface area (Å²) in [5.74, 6) is 2.42. The molecule has 2 aliphatic rings. The molecule has 0 spiro atoms. The van der Waals surface area contributed by atoms with Crippen LogP contribution in [-0.2, 0) is 0 Å². The van der Waals surface area contributed by atoms with E-state index in [1.165, 1.54) is 24.3 Å². The Hall–Kier alpha value is 0.130. The number of nitrogens with zero attached hydrogens (tertiary/aromatic N) is 1. The van der Waals surface area contributed by atoms with Crippen molar-refractivity contribution in [3.63, 3.8) is 0 Å². The first-order valence-electron chi connectivity index (χ1n) is 6.01. The molecule has 0 bridgehead atoms. The summed E-state index contributed by atoms with van der Waals surface area (Å²) in [6, 6.07) is 0.614. The lowest BCUT2D eigenvalue weighted by atomic mass is 9.88. The molecular weight excluding hydrogens is 230 g/mol. The number of piperidine rings is 1. The van der Waals surface area contributed by atoms with Gasteiger partial charge in [0.2, 0.25) is 0 Å². The van der Waals surface area contributed by atoms with E-state index < -0.39 is 12.0 Å². The Morgan fingerprint density at radius 2 is 1.75 bits per heavy atom. The molecule has 2 saturated heterocycles. The van der Waals surface area contributed by atoms with Crippen molar-refractivity contribution >= 4 is 11.8 Å². The van der Waals surface area contributed by atoms with Gasteiger partial charge in [-0.3, -0.25) is 0 Å². The highest BCUT2D eigenvalue weighted by Crippen LogP contribution is 2.30. The van der Waals surface area contributed by atoms with Crippen molar-refractivity contribution in [2.75, 3.05) is 24.6 Å². The lowest BCUT2D eigenvalue weighted by Crippen LogP contribution is -2.57. The van der Waals surface area contributed by atoms with E-state index >= 15 is 0 Å². The number of hydrogen-bond donors (Lipinski definition) is 1. The van der Waals surface area contributed by atoms with Crippen molar-refractivity contribution in [1.29, 1.82) is 0 Å². The third-order valence-corrected chi connectivity index (χ3v) is 4.92. The van der Waals surface area contributed by atoms with Gasteiger partial charge in [0.25, 0.3) is 6.43 Å². The van der Waals surface area contributed by atoms with Crippen molar-refractivity contribution in [1.82, 2.24) is 4.90 Å². The largest absolute Gasteiger partial charge is 0.320 e. The van der Waals surface area contributed by atoms with Crippen LogP contribution in [0.4, 0.5) is 8.78 Å². The molecule has 16 heavy (non-hydrogen) atoms. The highest BCUT2D eigenvalue weighted by molar-refractivity contribution is 7.99. The minimum Gasteiger partial charge on any atom is -0.320 e. The van der Waals surface area contributed by atoms with Gasteiger partial charge in [-0.1, -0.05) is 0 Å². The van der Waals surface area contributed by atoms with Crippen LogP contribution in [0.25, 0.3) is 0 Å². The lowest BCUT2D eigenvalue weighted by molar-refractivity contribution is 0.00186. The molecule has 0 saturated carbocycles. The lowest BCUT2D eigenvalue weighted by Gasteiger charge is -2.43. The molecule has 0 unspecified atom stereocenters. The van der Waals surface area contributed by atoms with Crippen LogP contribution < -0.4 is 5.73 Å². The quantitative estimate of drug-likeness (QED) is 0.812. The van der Waals surface area contributed by atoms with Gasteiger partial charge in [-0.05, 0) is 37.2 Å². The summed E-state index contributed by atoms with van der Waals surface area (Å²) in [5.41, 5.74) is 4.49. The second kappa shape index (κ2) is 5.19. The van der Waals surface area contributed by atoms with Crippen LogP contribution in [0.1, 0.15) is 25.7 Å². The molecule has 2 aliphatic heterocycles. The summed E-state index contributed by atoms with van der Waals surface area (Å²) in [4.78, 5) is 2.37. The van der Waals surface area contributed by atoms with Gasteiger partial charge >= 0.3 is 0 Å². The van der Waals surface area contributed by atoms with Crippen LogP contribution in [0.2, 0.25) is 0 Å². The molecule has 5 heteroatoms. The zero-order valence-corrected chi connectivity index (χ0v) is 10.3. The second-order valence-electron chi connectivity index (χ2n) is 4.91. The molecule has 0 aliphatic carbocycles. The van der Waals surface area contributed by atoms with Crippen molar-refractivity contribution in [3.05, 3.63) is 0 Å². The van der Waals surface area contributed by atoms with Crippen LogP contribution in [0.5, 0.6) is 0 Å². The molecule has 0 aromatic heterocycles. The summed E-state index contributed by atoms with van der Waals surface area (Å²) >= 11 is 2.00. The van der Waals surface area contributed by atoms with E-state index in [1.807, 2.05) is 11.8 Å². The predicted molar refractivity (Wildman–Crippen MR) is 64.1 cm³/mol. The first-order chi connectivity index (χ1) is 7.62. The van der Waals surface area contributed by atoms with Crippen LogP contribution in [0.15, 0.2) is 0 Å². The summed E-state index contributed by atoms with van der Waals surface area (Å²) < 4.78 is 25.5. The molecule has 0 radical (unpaired) electrons. The smallest absolute Gasteiger partial charge is 0.256 e. The van der Waals surface area contributed by atoms with Gasteiger partial charge < -0.3 is 10.6 Å².